The van der Waals surface area contributed by atoms with Crippen LogP contribution in [0.2, 0.25) is 0 Å². The first-order chi connectivity index (χ1) is 9.66. The van der Waals surface area contributed by atoms with E-state index in [4.69, 9.17) is 0 Å². The van der Waals surface area contributed by atoms with Crippen LogP contribution in [0, 0.1) is 0 Å². The monoisotopic (exact) mass is 287 g/mol. The standard InChI is InChI=1S/C17H21NOS/c1-14(13-20(2)19)18-17(15-9-5-3-6-10-15)16-11-7-4-8-12-16/h3-12,14,17-18H,13H2,1-2H3. The molecule has 2 nitrogen and oxygen atoms in total. The van der Waals surface area contributed by atoms with Crippen LogP contribution in [0.15, 0.2) is 60.7 Å². The highest BCUT2D eigenvalue weighted by atomic mass is 32.2. The van der Waals surface area contributed by atoms with Crippen molar-refractivity contribution < 1.29 is 4.21 Å². The van der Waals surface area contributed by atoms with E-state index in [9.17, 15) is 4.21 Å². The third-order valence-electron chi connectivity index (χ3n) is 3.20. The molecule has 0 bridgehead atoms. The summed E-state index contributed by atoms with van der Waals surface area (Å²) in [5.41, 5.74) is 2.46. The van der Waals surface area contributed by atoms with Gasteiger partial charge in [-0.05, 0) is 18.1 Å². The van der Waals surface area contributed by atoms with Crippen molar-refractivity contribution in [1.29, 1.82) is 0 Å². The van der Waals surface area contributed by atoms with Crippen LogP contribution in [-0.4, -0.2) is 22.3 Å². The maximum atomic E-state index is 11.4. The van der Waals surface area contributed by atoms with Crippen LogP contribution < -0.4 is 5.32 Å². The average molecular weight is 287 g/mol. The molecular weight excluding hydrogens is 266 g/mol. The summed E-state index contributed by atoms with van der Waals surface area (Å²) < 4.78 is 11.4. The van der Waals surface area contributed by atoms with Gasteiger partial charge in [-0.25, -0.2) is 0 Å². The summed E-state index contributed by atoms with van der Waals surface area (Å²) in [4.78, 5) is 0. The highest BCUT2D eigenvalue weighted by molar-refractivity contribution is 7.84. The molecule has 2 aromatic carbocycles. The number of nitrogens with one attached hydrogen (secondary N) is 1. The second-order valence-corrected chi connectivity index (χ2v) is 6.54. The van der Waals surface area contributed by atoms with E-state index < -0.39 is 10.8 Å². The SMILES string of the molecule is CC(CS(C)=O)NC(c1ccccc1)c1ccccc1. The molecule has 2 atom stereocenters. The van der Waals surface area contributed by atoms with Gasteiger partial charge in [0.1, 0.15) is 0 Å². The van der Waals surface area contributed by atoms with Crippen LogP contribution in [0.3, 0.4) is 0 Å². The Kier molecular flexibility index (Phi) is 5.50. The van der Waals surface area contributed by atoms with E-state index in [1.54, 1.807) is 6.26 Å². The Morgan fingerprint density at radius 3 is 1.80 bits per heavy atom. The topological polar surface area (TPSA) is 29.1 Å². The normalized spacial score (nSPS) is 14.2. The molecular formula is C17H21NOS. The predicted octanol–water partition coefficient (Wildman–Crippen LogP) is 3.13. The van der Waals surface area contributed by atoms with Gasteiger partial charge in [0.05, 0.1) is 6.04 Å². The van der Waals surface area contributed by atoms with E-state index in [0.29, 0.717) is 5.75 Å². The zero-order valence-electron chi connectivity index (χ0n) is 12.0. The average Bonchev–Trinajstić information content (AvgIpc) is 2.46. The van der Waals surface area contributed by atoms with Crippen LogP contribution in [0.1, 0.15) is 24.1 Å². The molecule has 0 aliphatic heterocycles. The zero-order chi connectivity index (χ0) is 14.4. The summed E-state index contributed by atoms with van der Waals surface area (Å²) in [7, 11) is -0.787. The van der Waals surface area contributed by atoms with E-state index in [1.165, 1.54) is 11.1 Å². The lowest BCUT2D eigenvalue weighted by molar-refractivity contribution is 0.530. The molecule has 2 unspecified atom stereocenters. The fourth-order valence-electron chi connectivity index (χ4n) is 2.36. The van der Waals surface area contributed by atoms with Gasteiger partial charge in [0.25, 0.3) is 0 Å². The summed E-state index contributed by atoms with van der Waals surface area (Å²) in [6, 6.07) is 21.1. The van der Waals surface area contributed by atoms with E-state index in [2.05, 4.69) is 60.8 Å². The van der Waals surface area contributed by atoms with E-state index >= 15 is 0 Å². The van der Waals surface area contributed by atoms with Crippen molar-refractivity contribution in [2.24, 2.45) is 0 Å². The Balaban J connectivity index is 2.24. The van der Waals surface area contributed by atoms with Gasteiger partial charge in [-0.1, -0.05) is 60.7 Å². The molecule has 0 saturated carbocycles. The maximum Gasteiger partial charge on any atom is 0.0579 e. The van der Waals surface area contributed by atoms with Crippen molar-refractivity contribution in [2.45, 2.75) is 19.0 Å². The first kappa shape index (κ1) is 14.9. The van der Waals surface area contributed by atoms with Crippen LogP contribution >= 0.6 is 0 Å². The number of hydrogen-bond acceptors (Lipinski definition) is 2. The molecule has 3 heteroatoms. The summed E-state index contributed by atoms with van der Waals surface area (Å²) in [5, 5.41) is 3.59. The number of rotatable bonds is 6. The minimum atomic E-state index is -0.787. The molecule has 20 heavy (non-hydrogen) atoms. The highest BCUT2D eigenvalue weighted by Gasteiger charge is 2.16. The van der Waals surface area contributed by atoms with Crippen molar-refractivity contribution in [3.8, 4) is 0 Å². The maximum absolute atomic E-state index is 11.4. The molecule has 0 aromatic heterocycles. The fourth-order valence-corrected chi connectivity index (χ4v) is 3.16. The molecule has 2 rings (SSSR count). The molecule has 2 aromatic rings. The van der Waals surface area contributed by atoms with Crippen molar-refractivity contribution in [3.63, 3.8) is 0 Å². The number of hydrogen-bond donors (Lipinski definition) is 1. The quantitative estimate of drug-likeness (QED) is 0.884. The molecule has 0 fully saturated rings. The van der Waals surface area contributed by atoms with Crippen LogP contribution in [0.4, 0.5) is 0 Å². The Morgan fingerprint density at radius 1 is 0.950 bits per heavy atom. The summed E-state index contributed by atoms with van der Waals surface area (Å²) in [6.45, 7) is 2.08. The number of benzene rings is 2. The smallest absolute Gasteiger partial charge is 0.0579 e. The Labute approximate surface area is 123 Å². The largest absolute Gasteiger partial charge is 0.303 e. The van der Waals surface area contributed by atoms with E-state index in [1.807, 2.05) is 12.1 Å². The summed E-state index contributed by atoms with van der Waals surface area (Å²) in [5.74, 6) is 0.663. The summed E-state index contributed by atoms with van der Waals surface area (Å²) >= 11 is 0. The second kappa shape index (κ2) is 7.36. The second-order valence-electron chi connectivity index (χ2n) is 5.06. The Bertz CT molecular complexity index is 502. The van der Waals surface area contributed by atoms with Gasteiger partial charge in [0, 0.05) is 28.9 Å². The van der Waals surface area contributed by atoms with Crippen LogP contribution in [0.25, 0.3) is 0 Å². The molecule has 0 spiro atoms. The van der Waals surface area contributed by atoms with Gasteiger partial charge in [-0.2, -0.15) is 0 Å². The Morgan fingerprint density at radius 2 is 1.40 bits per heavy atom. The van der Waals surface area contributed by atoms with Gasteiger partial charge in [-0.3, -0.25) is 4.21 Å². The Hall–Kier alpha value is -1.45. The van der Waals surface area contributed by atoms with Crippen molar-refractivity contribution in [3.05, 3.63) is 71.8 Å². The van der Waals surface area contributed by atoms with Gasteiger partial charge < -0.3 is 5.32 Å². The molecule has 0 amide bonds. The highest BCUT2D eigenvalue weighted by Crippen LogP contribution is 2.22. The lowest BCUT2D eigenvalue weighted by atomic mass is 9.98. The lowest BCUT2D eigenvalue weighted by Gasteiger charge is -2.24. The summed E-state index contributed by atoms with van der Waals surface area (Å²) in [6.07, 6.45) is 1.75. The van der Waals surface area contributed by atoms with Gasteiger partial charge in [-0.15, -0.1) is 0 Å². The van der Waals surface area contributed by atoms with Crippen molar-refractivity contribution >= 4 is 10.8 Å². The minimum Gasteiger partial charge on any atom is -0.303 e. The van der Waals surface area contributed by atoms with Crippen LogP contribution in [0.5, 0.6) is 0 Å². The van der Waals surface area contributed by atoms with Crippen molar-refractivity contribution in [1.82, 2.24) is 5.32 Å². The molecule has 0 heterocycles. The first-order valence-corrected chi connectivity index (χ1v) is 8.55. The van der Waals surface area contributed by atoms with Crippen molar-refractivity contribution in [2.75, 3.05) is 12.0 Å². The molecule has 106 valence electrons. The lowest BCUT2D eigenvalue weighted by Crippen LogP contribution is -2.35. The molecule has 0 aliphatic carbocycles. The molecule has 1 N–H and O–H groups in total. The van der Waals surface area contributed by atoms with Gasteiger partial charge in [0.15, 0.2) is 0 Å². The third-order valence-corrected chi connectivity index (χ3v) is 4.17. The first-order valence-electron chi connectivity index (χ1n) is 6.83. The van der Waals surface area contributed by atoms with E-state index in [-0.39, 0.29) is 12.1 Å². The molecule has 0 radical (unpaired) electrons. The fraction of sp³-hybridized carbons (Fsp3) is 0.294. The molecule has 0 saturated heterocycles. The van der Waals surface area contributed by atoms with Gasteiger partial charge in [0.2, 0.25) is 0 Å². The zero-order valence-corrected chi connectivity index (χ0v) is 12.8. The van der Waals surface area contributed by atoms with Crippen LogP contribution in [-0.2, 0) is 10.8 Å². The third kappa shape index (κ3) is 4.29. The van der Waals surface area contributed by atoms with Gasteiger partial charge >= 0.3 is 0 Å². The predicted molar refractivity (Wildman–Crippen MR) is 86.3 cm³/mol. The molecule has 0 aliphatic rings. The van der Waals surface area contributed by atoms with E-state index in [0.717, 1.165) is 0 Å². The minimum absolute atomic E-state index is 0.135.